The first kappa shape index (κ1) is 9.35. The van der Waals surface area contributed by atoms with Gasteiger partial charge in [0, 0.05) is 16.6 Å². The minimum atomic E-state index is -0.375. The fourth-order valence-electron chi connectivity index (χ4n) is 1.84. The summed E-state index contributed by atoms with van der Waals surface area (Å²) in [7, 11) is 0. The Balaban J connectivity index is 2.38. The number of benzene rings is 1. The quantitative estimate of drug-likeness (QED) is 0.701. The van der Waals surface area contributed by atoms with Gasteiger partial charge in [-0.1, -0.05) is 18.2 Å². The zero-order valence-electron chi connectivity index (χ0n) is 8.48. The number of H-pyrrole nitrogens is 1. The van der Waals surface area contributed by atoms with Crippen LogP contribution in [0.1, 0.15) is 5.69 Å². The number of hydrogen-bond acceptors (Lipinski definition) is 4. The Morgan fingerprint density at radius 2 is 2.19 bits per heavy atom. The number of rotatable bonds is 1. The SMILES string of the molecule is Cc1[nH]c2ccccc2c1-c1nsc(=O)o1. The van der Waals surface area contributed by atoms with Crippen molar-refractivity contribution in [2.24, 2.45) is 0 Å². The van der Waals surface area contributed by atoms with E-state index >= 15 is 0 Å². The molecular formula is C11H8N2O2S. The molecule has 0 unspecified atom stereocenters. The second kappa shape index (κ2) is 3.31. The van der Waals surface area contributed by atoms with Crippen LogP contribution in [0.2, 0.25) is 0 Å². The summed E-state index contributed by atoms with van der Waals surface area (Å²) in [5.74, 6) is 0.393. The number of aromatic amines is 1. The van der Waals surface area contributed by atoms with Gasteiger partial charge < -0.3 is 9.40 Å². The highest BCUT2D eigenvalue weighted by molar-refractivity contribution is 7.02. The first-order valence-corrected chi connectivity index (χ1v) is 5.57. The van der Waals surface area contributed by atoms with E-state index in [1.165, 1.54) is 0 Å². The highest BCUT2D eigenvalue weighted by Crippen LogP contribution is 2.30. The van der Waals surface area contributed by atoms with E-state index in [2.05, 4.69) is 9.36 Å². The second-order valence-corrected chi connectivity index (χ2v) is 4.21. The maximum atomic E-state index is 11.0. The molecule has 0 saturated heterocycles. The largest absolute Gasteiger partial charge is 0.414 e. The summed E-state index contributed by atoms with van der Waals surface area (Å²) < 4.78 is 9.06. The van der Waals surface area contributed by atoms with Crippen molar-refractivity contribution in [3.63, 3.8) is 0 Å². The Hall–Kier alpha value is -1.88. The van der Waals surface area contributed by atoms with Gasteiger partial charge in [0.1, 0.15) is 0 Å². The van der Waals surface area contributed by atoms with Crippen molar-refractivity contribution in [1.82, 2.24) is 9.36 Å². The molecule has 0 aliphatic rings. The van der Waals surface area contributed by atoms with Crippen molar-refractivity contribution < 1.29 is 4.42 Å². The van der Waals surface area contributed by atoms with E-state index in [1.807, 2.05) is 31.2 Å². The van der Waals surface area contributed by atoms with Crippen molar-refractivity contribution in [3.05, 3.63) is 39.7 Å². The lowest BCUT2D eigenvalue weighted by atomic mass is 10.1. The average molecular weight is 232 g/mol. The summed E-state index contributed by atoms with van der Waals surface area (Å²) in [4.78, 5) is 13.9. The lowest BCUT2D eigenvalue weighted by Crippen LogP contribution is -1.83. The fourth-order valence-corrected chi connectivity index (χ4v) is 2.25. The third-order valence-corrected chi connectivity index (χ3v) is 2.98. The average Bonchev–Trinajstić information content (AvgIpc) is 2.80. The van der Waals surface area contributed by atoms with Crippen LogP contribution in [0, 0.1) is 6.92 Å². The summed E-state index contributed by atoms with van der Waals surface area (Å²) in [6.45, 7) is 1.94. The first-order chi connectivity index (χ1) is 7.75. The fraction of sp³-hybridized carbons (Fsp3) is 0.0909. The van der Waals surface area contributed by atoms with Crippen LogP contribution < -0.4 is 4.94 Å². The van der Waals surface area contributed by atoms with E-state index in [0.717, 1.165) is 33.7 Å². The molecule has 1 aromatic carbocycles. The highest BCUT2D eigenvalue weighted by atomic mass is 32.1. The summed E-state index contributed by atoms with van der Waals surface area (Å²) in [5, 5.41) is 1.02. The van der Waals surface area contributed by atoms with Gasteiger partial charge in [-0.2, -0.15) is 0 Å². The molecule has 0 radical (unpaired) electrons. The van der Waals surface area contributed by atoms with Crippen molar-refractivity contribution in [1.29, 1.82) is 0 Å². The molecule has 0 aliphatic heterocycles. The summed E-state index contributed by atoms with van der Waals surface area (Å²) in [6, 6.07) is 7.87. The summed E-state index contributed by atoms with van der Waals surface area (Å²) >= 11 is 0.834. The number of nitrogens with zero attached hydrogens (tertiary/aromatic N) is 1. The van der Waals surface area contributed by atoms with Crippen molar-refractivity contribution in [2.75, 3.05) is 0 Å². The van der Waals surface area contributed by atoms with Crippen LogP contribution in [0.5, 0.6) is 0 Å². The van der Waals surface area contributed by atoms with Gasteiger partial charge in [0.2, 0.25) is 5.89 Å². The van der Waals surface area contributed by atoms with E-state index in [-0.39, 0.29) is 4.94 Å². The Morgan fingerprint density at radius 3 is 2.94 bits per heavy atom. The van der Waals surface area contributed by atoms with Gasteiger partial charge in [-0.15, -0.1) is 4.37 Å². The Bertz CT molecular complexity index is 708. The molecule has 2 heterocycles. The van der Waals surface area contributed by atoms with E-state index in [0.29, 0.717) is 5.89 Å². The molecule has 3 rings (SSSR count). The van der Waals surface area contributed by atoms with Gasteiger partial charge in [0.05, 0.1) is 17.1 Å². The molecule has 80 valence electrons. The minimum absolute atomic E-state index is 0.375. The molecule has 0 spiro atoms. The van der Waals surface area contributed by atoms with Gasteiger partial charge in [-0.25, -0.2) is 4.79 Å². The number of para-hydroxylation sites is 1. The van der Waals surface area contributed by atoms with Crippen LogP contribution in [0.25, 0.3) is 22.4 Å². The van der Waals surface area contributed by atoms with E-state index in [4.69, 9.17) is 4.42 Å². The summed E-state index contributed by atoms with van der Waals surface area (Å²) in [5.41, 5.74) is 2.84. The maximum Gasteiger partial charge on any atom is 0.414 e. The van der Waals surface area contributed by atoms with Gasteiger partial charge in [-0.05, 0) is 13.0 Å². The van der Waals surface area contributed by atoms with Gasteiger partial charge in [0.15, 0.2) is 0 Å². The molecule has 0 aliphatic carbocycles. The van der Waals surface area contributed by atoms with E-state index < -0.39 is 0 Å². The van der Waals surface area contributed by atoms with Crippen molar-refractivity contribution in [2.45, 2.75) is 6.92 Å². The van der Waals surface area contributed by atoms with E-state index in [1.54, 1.807) is 0 Å². The third-order valence-electron chi connectivity index (χ3n) is 2.49. The van der Waals surface area contributed by atoms with Gasteiger partial charge in [0.25, 0.3) is 0 Å². The zero-order chi connectivity index (χ0) is 11.1. The molecule has 4 nitrogen and oxygen atoms in total. The highest BCUT2D eigenvalue weighted by Gasteiger charge is 2.14. The van der Waals surface area contributed by atoms with E-state index in [9.17, 15) is 4.79 Å². The first-order valence-electron chi connectivity index (χ1n) is 4.80. The molecule has 0 atom stereocenters. The standard InChI is InChI=1S/C11H8N2O2S/c1-6-9(10-13-16-11(14)15-10)7-4-2-3-5-8(7)12-6/h2-5,12H,1H3. The molecule has 0 amide bonds. The number of aryl methyl sites for hydroxylation is 1. The van der Waals surface area contributed by atoms with Crippen LogP contribution in [0.15, 0.2) is 33.5 Å². The van der Waals surface area contributed by atoms with Crippen molar-refractivity contribution >= 4 is 22.4 Å². The number of nitrogens with one attached hydrogen (secondary N) is 1. The molecule has 2 aromatic heterocycles. The maximum absolute atomic E-state index is 11.0. The molecule has 1 N–H and O–H groups in total. The zero-order valence-corrected chi connectivity index (χ0v) is 9.30. The molecule has 16 heavy (non-hydrogen) atoms. The third kappa shape index (κ3) is 1.29. The van der Waals surface area contributed by atoms with Crippen LogP contribution in [-0.4, -0.2) is 9.36 Å². The van der Waals surface area contributed by atoms with Gasteiger partial charge in [-0.3, -0.25) is 0 Å². The number of fused-ring (bicyclic) bond motifs is 1. The van der Waals surface area contributed by atoms with Crippen LogP contribution in [0.3, 0.4) is 0 Å². The molecule has 0 saturated carbocycles. The van der Waals surface area contributed by atoms with Crippen LogP contribution in [0.4, 0.5) is 0 Å². The molecule has 3 aromatic rings. The molecular weight excluding hydrogens is 224 g/mol. The smallest absolute Gasteiger partial charge is 0.394 e. The Morgan fingerprint density at radius 1 is 1.38 bits per heavy atom. The monoisotopic (exact) mass is 232 g/mol. The van der Waals surface area contributed by atoms with Crippen LogP contribution >= 0.6 is 11.5 Å². The lowest BCUT2D eigenvalue weighted by molar-refractivity contribution is 0.543. The predicted octanol–water partition coefficient (Wildman–Crippen LogP) is 2.55. The molecule has 5 heteroatoms. The molecule has 0 fully saturated rings. The normalized spacial score (nSPS) is 11.1. The Kier molecular flexibility index (Phi) is 1.94. The minimum Gasteiger partial charge on any atom is -0.394 e. The second-order valence-electron chi connectivity index (χ2n) is 3.51. The molecule has 0 bridgehead atoms. The Labute approximate surface area is 94.7 Å². The van der Waals surface area contributed by atoms with Crippen molar-refractivity contribution in [3.8, 4) is 11.5 Å². The number of hydrogen-bond donors (Lipinski definition) is 1. The number of aromatic nitrogens is 2. The lowest BCUT2D eigenvalue weighted by Gasteiger charge is -1.93. The summed E-state index contributed by atoms with van der Waals surface area (Å²) in [6.07, 6.45) is 0. The topological polar surface area (TPSA) is 58.9 Å². The van der Waals surface area contributed by atoms with Gasteiger partial charge >= 0.3 is 4.94 Å². The predicted molar refractivity (Wildman–Crippen MR) is 62.7 cm³/mol. The van der Waals surface area contributed by atoms with Crippen LogP contribution in [-0.2, 0) is 0 Å².